The molecule has 2 atom stereocenters. The molecule has 170 valence electrons. The maximum Gasteiger partial charge on any atom is 0.334 e. The van der Waals surface area contributed by atoms with Gasteiger partial charge in [0.15, 0.2) is 18.2 Å². The molecule has 2 heterocycles. The molecule has 2 aliphatic heterocycles. The number of benzene rings is 3. The molecule has 0 N–H and O–H groups in total. The van der Waals surface area contributed by atoms with Gasteiger partial charge in [-0.2, -0.15) is 0 Å². The van der Waals surface area contributed by atoms with Gasteiger partial charge in [-0.3, -0.25) is 14.5 Å². The van der Waals surface area contributed by atoms with Crippen molar-refractivity contribution in [3.05, 3.63) is 107 Å². The number of esters is 1. The molecular formula is C26H19ClN2O5. The maximum atomic E-state index is 13.7. The van der Waals surface area contributed by atoms with Gasteiger partial charge in [0.1, 0.15) is 5.17 Å². The average Bonchev–Trinajstić information content (AvgIpc) is 3.41. The summed E-state index contributed by atoms with van der Waals surface area (Å²) in [7, 11) is 0. The Kier molecular flexibility index (Phi) is 5.86. The summed E-state index contributed by atoms with van der Waals surface area (Å²) in [6.45, 7) is 0. The van der Waals surface area contributed by atoms with Crippen LogP contribution in [0.2, 0.25) is 0 Å². The Labute approximate surface area is 200 Å². The van der Waals surface area contributed by atoms with Crippen molar-refractivity contribution in [1.82, 2.24) is 4.90 Å². The zero-order valence-corrected chi connectivity index (χ0v) is 18.6. The van der Waals surface area contributed by atoms with E-state index in [1.54, 1.807) is 24.3 Å². The highest BCUT2D eigenvalue weighted by atomic mass is 35.5. The molecule has 2 aliphatic rings. The Morgan fingerprint density at radius 2 is 1.38 bits per heavy atom. The number of ether oxygens (including phenoxy) is 1. The Bertz CT molecular complexity index is 1200. The largest absolute Gasteiger partial charge is 0.451 e. The van der Waals surface area contributed by atoms with Crippen LogP contribution in [-0.4, -0.2) is 40.0 Å². The van der Waals surface area contributed by atoms with Gasteiger partial charge in [-0.1, -0.05) is 89.6 Å². The normalized spacial score (nSPS) is 17.9. The lowest BCUT2D eigenvalue weighted by Gasteiger charge is -2.29. The minimum Gasteiger partial charge on any atom is -0.451 e. The smallest absolute Gasteiger partial charge is 0.334 e. The molecule has 8 heteroatoms. The van der Waals surface area contributed by atoms with Crippen molar-refractivity contribution in [3.8, 4) is 0 Å². The summed E-state index contributed by atoms with van der Waals surface area (Å²) in [6.07, 6.45) is -1.66. The van der Waals surface area contributed by atoms with E-state index in [2.05, 4.69) is 5.16 Å². The highest BCUT2D eigenvalue weighted by Crippen LogP contribution is 2.32. The average molecular weight is 475 g/mol. The minimum absolute atomic E-state index is 0.0655. The fraction of sp³-hybridized carbons (Fsp3) is 0.154. The lowest BCUT2D eigenvalue weighted by molar-refractivity contribution is -0.157. The molecule has 7 nitrogen and oxygen atoms in total. The molecule has 0 saturated carbocycles. The van der Waals surface area contributed by atoms with Crippen LogP contribution in [0.3, 0.4) is 0 Å². The molecule has 3 aromatic carbocycles. The SMILES string of the molecule is O=C(OC(c1ccccc1)c1ccccc1)C(C1CC(Cl)=NO1)N1C(=O)c2ccccc2C1=O. The Balaban J connectivity index is 1.51. The van der Waals surface area contributed by atoms with E-state index in [-0.39, 0.29) is 22.7 Å². The van der Waals surface area contributed by atoms with Gasteiger partial charge in [-0.15, -0.1) is 0 Å². The zero-order chi connectivity index (χ0) is 23.7. The van der Waals surface area contributed by atoms with Crippen molar-refractivity contribution in [2.45, 2.75) is 24.7 Å². The van der Waals surface area contributed by atoms with Crippen molar-refractivity contribution in [2.75, 3.05) is 0 Å². The lowest BCUT2D eigenvalue weighted by Crippen LogP contribution is -2.52. The van der Waals surface area contributed by atoms with Crippen molar-refractivity contribution in [1.29, 1.82) is 0 Å². The van der Waals surface area contributed by atoms with E-state index in [4.69, 9.17) is 21.2 Å². The van der Waals surface area contributed by atoms with Gasteiger partial charge in [0.25, 0.3) is 11.8 Å². The molecule has 0 saturated heterocycles. The predicted molar refractivity (Wildman–Crippen MR) is 124 cm³/mol. The fourth-order valence-electron chi connectivity index (χ4n) is 4.19. The van der Waals surface area contributed by atoms with Crippen molar-refractivity contribution < 1.29 is 24.0 Å². The van der Waals surface area contributed by atoms with Crippen LogP contribution >= 0.6 is 11.6 Å². The molecule has 0 aliphatic carbocycles. The van der Waals surface area contributed by atoms with Gasteiger partial charge < -0.3 is 9.57 Å². The molecule has 0 aromatic heterocycles. The first-order valence-electron chi connectivity index (χ1n) is 10.7. The van der Waals surface area contributed by atoms with E-state index in [0.717, 1.165) is 16.0 Å². The number of carbonyl (C=O) groups excluding carboxylic acids is 3. The van der Waals surface area contributed by atoms with Gasteiger partial charge in [0.05, 0.1) is 11.1 Å². The summed E-state index contributed by atoms with van der Waals surface area (Å²) >= 11 is 6.01. The molecular weight excluding hydrogens is 456 g/mol. The third kappa shape index (κ3) is 3.95. The first-order chi connectivity index (χ1) is 16.5. The van der Waals surface area contributed by atoms with Crippen LogP contribution in [-0.2, 0) is 14.4 Å². The van der Waals surface area contributed by atoms with E-state index >= 15 is 0 Å². The monoisotopic (exact) mass is 474 g/mol. The molecule has 3 aromatic rings. The second-order valence-electron chi connectivity index (χ2n) is 7.92. The van der Waals surface area contributed by atoms with Crippen LogP contribution in [0.25, 0.3) is 0 Å². The lowest BCUT2D eigenvalue weighted by atomic mass is 10.0. The number of imide groups is 1. The van der Waals surface area contributed by atoms with Gasteiger partial charge >= 0.3 is 5.97 Å². The molecule has 34 heavy (non-hydrogen) atoms. The van der Waals surface area contributed by atoms with Gasteiger partial charge in [0.2, 0.25) is 0 Å². The van der Waals surface area contributed by atoms with E-state index in [1.807, 2.05) is 60.7 Å². The highest BCUT2D eigenvalue weighted by molar-refractivity contribution is 6.65. The third-order valence-corrected chi connectivity index (χ3v) is 6.02. The fourth-order valence-corrected chi connectivity index (χ4v) is 4.38. The summed E-state index contributed by atoms with van der Waals surface area (Å²) in [6, 6.07) is 23.5. The molecule has 2 amide bonds. The number of rotatable bonds is 6. The molecule has 0 radical (unpaired) electrons. The number of oxime groups is 1. The van der Waals surface area contributed by atoms with Gasteiger partial charge in [0, 0.05) is 6.42 Å². The minimum atomic E-state index is -1.37. The summed E-state index contributed by atoms with van der Waals surface area (Å²) in [5.74, 6) is -1.98. The van der Waals surface area contributed by atoms with Crippen molar-refractivity contribution in [3.63, 3.8) is 0 Å². The number of carbonyl (C=O) groups is 3. The number of halogens is 1. The Hall–Kier alpha value is -3.97. The van der Waals surface area contributed by atoms with Crippen molar-refractivity contribution in [2.24, 2.45) is 5.16 Å². The van der Waals surface area contributed by atoms with Gasteiger partial charge in [-0.05, 0) is 23.3 Å². The van der Waals surface area contributed by atoms with Crippen LogP contribution in [0, 0.1) is 0 Å². The number of nitrogens with zero attached hydrogens (tertiary/aromatic N) is 2. The standard InChI is InChI=1S/C26H19ClN2O5/c27-21-15-20(34-28-21)22(29-24(30)18-13-7-8-14-19(18)25(29)31)26(32)33-23(16-9-3-1-4-10-16)17-11-5-2-6-12-17/h1-14,20,22-23H,15H2. The van der Waals surface area contributed by atoms with Crippen LogP contribution in [0.15, 0.2) is 90.1 Å². The van der Waals surface area contributed by atoms with E-state index in [1.165, 1.54) is 0 Å². The Morgan fingerprint density at radius 1 is 0.882 bits per heavy atom. The second-order valence-corrected chi connectivity index (χ2v) is 8.36. The van der Waals surface area contributed by atoms with E-state index in [9.17, 15) is 14.4 Å². The van der Waals surface area contributed by atoms with Crippen molar-refractivity contribution >= 4 is 34.6 Å². The first kappa shape index (κ1) is 21.9. The highest BCUT2D eigenvalue weighted by Gasteiger charge is 2.50. The van der Waals surface area contributed by atoms with Crippen LogP contribution in [0.1, 0.15) is 44.4 Å². The molecule has 2 unspecified atom stereocenters. The Morgan fingerprint density at radius 3 is 1.85 bits per heavy atom. The molecule has 5 rings (SSSR count). The van der Waals surface area contributed by atoms with Gasteiger partial charge in [-0.25, -0.2) is 4.79 Å². The number of fused-ring (bicyclic) bond motifs is 1. The van der Waals surface area contributed by atoms with E-state index in [0.29, 0.717) is 0 Å². The predicted octanol–water partition coefficient (Wildman–Crippen LogP) is 4.33. The summed E-state index contributed by atoms with van der Waals surface area (Å²) in [5.41, 5.74) is 1.92. The van der Waals surface area contributed by atoms with Crippen LogP contribution < -0.4 is 0 Å². The molecule has 0 bridgehead atoms. The second kappa shape index (κ2) is 9.11. The summed E-state index contributed by atoms with van der Waals surface area (Å²) < 4.78 is 5.98. The first-order valence-corrected chi connectivity index (χ1v) is 11.1. The van der Waals surface area contributed by atoms with Crippen LogP contribution in [0.5, 0.6) is 0 Å². The van der Waals surface area contributed by atoms with E-state index < -0.39 is 36.0 Å². The zero-order valence-electron chi connectivity index (χ0n) is 17.8. The number of hydrogen-bond donors (Lipinski definition) is 0. The maximum absolute atomic E-state index is 13.7. The van der Waals surface area contributed by atoms with Crippen LogP contribution in [0.4, 0.5) is 0 Å². The number of hydrogen-bond acceptors (Lipinski definition) is 6. The quantitative estimate of drug-likeness (QED) is 0.392. The molecule has 0 fully saturated rings. The number of amides is 2. The third-order valence-electron chi connectivity index (χ3n) is 5.79. The summed E-state index contributed by atoms with van der Waals surface area (Å²) in [4.78, 5) is 46.3. The molecule has 0 spiro atoms. The summed E-state index contributed by atoms with van der Waals surface area (Å²) in [5, 5.41) is 3.85. The topological polar surface area (TPSA) is 85.3 Å².